The number of rotatable bonds is 3. The summed E-state index contributed by atoms with van der Waals surface area (Å²) in [6.45, 7) is 0. The second-order valence-electron chi connectivity index (χ2n) is 4.44. The number of carbonyl (C=O) groups is 2. The van der Waals surface area contributed by atoms with Crippen LogP contribution < -0.4 is 0 Å². The molecule has 2 N–H and O–H groups in total. The molecule has 0 saturated carbocycles. The van der Waals surface area contributed by atoms with Crippen molar-refractivity contribution < 1.29 is 19.8 Å². The monoisotopic (exact) mass is 246 g/mol. The Kier molecular flexibility index (Phi) is 3.19. The maximum atomic E-state index is 11.7. The van der Waals surface area contributed by atoms with Gasteiger partial charge >= 0.3 is 11.9 Å². The lowest BCUT2D eigenvalue weighted by atomic mass is 9.64. The van der Waals surface area contributed by atoms with Gasteiger partial charge < -0.3 is 10.2 Å². The first-order valence-corrected chi connectivity index (χ1v) is 5.76. The first-order valence-electron chi connectivity index (χ1n) is 5.76. The summed E-state index contributed by atoms with van der Waals surface area (Å²) in [4.78, 5) is 23.0. The summed E-state index contributed by atoms with van der Waals surface area (Å²) in [5, 5.41) is 18.9. The fourth-order valence-electron chi connectivity index (χ4n) is 2.57. The van der Waals surface area contributed by atoms with Crippen LogP contribution in [0.4, 0.5) is 0 Å². The number of aliphatic carboxylic acids is 2. The highest BCUT2D eigenvalue weighted by molar-refractivity contribution is 5.89. The molecule has 0 fully saturated rings. The molecule has 1 aliphatic rings. The molecule has 0 saturated heterocycles. The average Bonchev–Trinajstić information content (AvgIpc) is 2.39. The first kappa shape index (κ1) is 12.4. The van der Waals surface area contributed by atoms with Gasteiger partial charge in [0.15, 0.2) is 0 Å². The Morgan fingerprint density at radius 1 is 1.11 bits per heavy atom. The Morgan fingerprint density at radius 3 is 2.33 bits per heavy atom. The normalized spacial score (nSPS) is 26.8. The quantitative estimate of drug-likeness (QED) is 0.800. The van der Waals surface area contributed by atoms with Crippen LogP contribution in [0.3, 0.4) is 0 Å². The third kappa shape index (κ3) is 1.79. The van der Waals surface area contributed by atoms with Crippen LogP contribution in [-0.2, 0) is 15.0 Å². The summed E-state index contributed by atoms with van der Waals surface area (Å²) in [6.07, 6.45) is 3.95. The maximum absolute atomic E-state index is 11.7. The maximum Gasteiger partial charge on any atom is 0.315 e. The Morgan fingerprint density at radius 2 is 1.78 bits per heavy atom. The standard InChI is InChI=1S/C14H14O4/c15-12(16)11-8-4-5-9-14(11,13(17)18)10-6-2-1-3-7-10/h1-7,11H,8-9H2,(H,15,16)(H,17,18)/t11-,14+/m0/s1. The molecular weight excluding hydrogens is 232 g/mol. The molecule has 1 aromatic carbocycles. The SMILES string of the molecule is O=C(O)[C@@H]1CC=CC[C@@]1(C(=O)O)c1ccccc1. The van der Waals surface area contributed by atoms with Crippen LogP contribution in [0.5, 0.6) is 0 Å². The molecule has 0 amide bonds. The van der Waals surface area contributed by atoms with E-state index >= 15 is 0 Å². The third-order valence-corrected chi connectivity index (χ3v) is 3.54. The first-order chi connectivity index (χ1) is 8.59. The van der Waals surface area contributed by atoms with Gasteiger partial charge in [-0.1, -0.05) is 42.5 Å². The van der Waals surface area contributed by atoms with Crippen molar-refractivity contribution in [3.05, 3.63) is 48.0 Å². The van der Waals surface area contributed by atoms with E-state index in [1.54, 1.807) is 42.5 Å². The predicted octanol–water partition coefficient (Wildman–Crippen LogP) is 2.06. The second-order valence-corrected chi connectivity index (χ2v) is 4.44. The van der Waals surface area contributed by atoms with Gasteiger partial charge in [-0.15, -0.1) is 0 Å². The van der Waals surface area contributed by atoms with Crippen molar-refractivity contribution in [2.24, 2.45) is 5.92 Å². The largest absolute Gasteiger partial charge is 0.481 e. The molecule has 1 aliphatic carbocycles. The highest BCUT2D eigenvalue weighted by Gasteiger charge is 2.50. The van der Waals surface area contributed by atoms with E-state index in [0.29, 0.717) is 5.56 Å². The summed E-state index contributed by atoms with van der Waals surface area (Å²) in [7, 11) is 0. The highest BCUT2D eigenvalue weighted by Crippen LogP contribution is 2.41. The van der Waals surface area contributed by atoms with Crippen molar-refractivity contribution in [2.75, 3.05) is 0 Å². The molecule has 0 bridgehead atoms. The summed E-state index contributed by atoms with van der Waals surface area (Å²) in [5.41, 5.74) is -0.809. The predicted molar refractivity (Wildman–Crippen MR) is 65.3 cm³/mol. The Labute approximate surface area is 105 Å². The van der Waals surface area contributed by atoms with E-state index in [9.17, 15) is 19.8 Å². The van der Waals surface area contributed by atoms with E-state index in [1.807, 2.05) is 0 Å². The molecule has 4 nitrogen and oxygen atoms in total. The van der Waals surface area contributed by atoms with Gasteiger partial charge in [0.2, 0.25) is 0 Å². The average molecular weight is 246 g/mol. The zero-order chi connectivity index (χ0) is 13.2. The number of carboxylic acid groups (broad SMARTS) is 2. The molecule has 0 unspecified atom stereocenters. The van der Waals surface area contributed by atoms with Crippen LogP contribution in [-0.4, -0.2) is 22.2 Å². The molecule has 4 heteroatoms. The van der Waals surface area contributed by atoms with E-state index in [0.717, 1.165) is 0 Å². The van der Waals surface area contributed by atoms with Crippen LogP contribution in [0.1, 0.15) is 18.4 Å². The Hall–Kier alpha value is -2.10. The van der Waals surface area contributed by atoms with Gasteiger partial charge in [-0.25, -0.2) is 0 Å². The zero-order valence-corrected chi connectivity index (χ0v) is 9.74. The molecule has 2 rings (SSSR count). The molecule has 2 atom stereocenters. The van der Waals surface area contributed by atoms with Gasteiger partial charge in [0.1, 0.15) is 5.41 Å². The molecule has 0 aliphatic heterocycles. The van der Waals surface area contributed by atoms with Crippen molar-refractivity contribution in [1.29, 1.82) is 0 Å². The topological polar surface area (TPSA) is 74.6 Å². The van der Waals surface area contributed by atoms with Crippen LogP contribution >= 0.6 is 0 Å². The van der Waals surface area contributed by atoms with E-state index in [4.69, 9.17) is 0 Å². The lowest BCUT2D eigenvalue weighted by Gasteiger charge is -2.36. The van der Waals surface area contributed by atoms with Crippen LogP contribution in [0, 0.1) is 5.92 Å². The van der Waals surface area contributed by atoms with Gasteiger partial charge in [-0.05, 0) is 18.4 Å². The van der Waals surface area contributed by atoms with Crippen molar-refractivity contribution in [3.8, 4) is 0 Å². The number of hydrogen-bond acceptors (Lipinski definition) is 2. The fraction of sp³-hybridized carbons (Fsp3) is 0.286. The Balaban J connectivity index is 2.59. The van der Waals surface area contributed by atoms with E-state index in [-0.39, 0.29) is 12.8 Å². The number of carboxylic acids is 2. The zero-order valence-electron chi connectivity index (χ0n) is 9.74. The van der Waals surface area contributed by atoms with E-state index in [1.165, 1.54) is 0 Å². The van der Waals surface area contributed by atoms with Crippen LogP contribution in [0.25, 0.3) is 0 Å². The van der Waals surface area contributed by atoms with Crippen molar-refractivity contribution >= 4 is 11.9 Å². The molecule has 1 aromatic rings. The lowest BCUT2D eigenvalue weighted by molar-refractivity contribution is -0.156. The van der Waals surface area contributed by atoms with Crippen molar-refractivity contribution in [3.63, 3.8) is 0 Å². The minimum absolute atomic E-state index is 0.212. The number of allylic oxidation sites excluding steroid dienone is 2. The summed E-state index contributed by atoms with van der Waals surface area (Å²) < 4.78 is 0. The second kappa shape index (κ2) is 4.64. The van der Waals surface area contributed by atoms with E-state index < -0.39 is 23.3 Å². The Bertz CT molecular complexity index is 492. The van der Waals surface area contributed by atoms with Gasteiger partial charge in [-0.2, -0.15) is 0 Å². The molecule has 0 radical (unpaired) electrons. The van der Waals surface area contributed by atoms with Gasteiger partial charge in [0.25, 0.3) is 0 Å². The fourth-order valence-corrected chi connectivity index (χ4v) is 2.57. The molecule has 94 valence electrons. The third-order valence-electron chi connectivity index (χ3n) is 3.54. The van der Waals surface area contributed by atoms with Gasteiger partial charge in [0, 0.05) is 0 Å². The molecule has 0 aromatic heterocycles. The highest BCUT2D eigenvalue weighted by atomic mass is 16.4. The summed E-state index contributed by atoms with van der Waals surface area (Å²) in [5.74, 6) is -3.07. The summed E-state index contributed by atoms with van der Waals surface area (Å²) in [6, 6.07) is 8.62. The molecule has 0 spiro atoms. The smallest absolute Gasteiger partial charge is 0.315 e. The van der Waals surface area contributed by atoms with E-state index in [2.05, 4.69) is 0 Å². The molecular formula is C14H14O4. The number of benzene rings is 1. The molecule has 0 heterocycles. The van der Waals surface area contributed by atoms with Gasteiger partial charge in [-0.3, -0.25) is 9.59 Å². The van der Waals surface area contributed by atoms with Crippen LogP contribution in [0.15, 0.2) is 42.5 Å². The molecule has 18 heavy (non-hydrogen) atoms. The minimum Gasteiger partial charge on any atom is -0.481 e. The van der Waals surface area contributed by atoms with Crippen LogP contribution in [0.2, 0.25) is 0 Å². The lowest BCUT2D eigenvalue weighted by Crippen LogP contribution is -2.47. The minimum atomic E-state index is -1.36. The van der Waals surface area contributed by atoms with Crippen molar-refractivity contribution in [1.82, 2.24) is 0 Å². The summed E-state index contributed by atoms with van der Waals surface area (Å²) >= 11 is 0. The van der Waals surface area contributed by atoms with Crippen molar-refractivity contribution in [2.45, 2.75) is 18.3 Å². The van der Waals surface area contributed by atoms with Gasteiger partial charge in [0.05, 0.1) is 5.92 Å². The number of hydrogen-bond donors (Lipinski definition) is 2.